The molecule has 1 unspecified atom stereocenters. The Morgan fingerprint density at radius 2 is 1.56 bits per heavy atom. The van der Waals surface area contributed by atoms with Crippen molar-refractivity contribution >= 4 is 17.2 Å². The van der Waals surface area contributed by atoms with E-state index in [2.05, 4.69) is 15.5 Å². The van der Waals surface area contributed by atoms with E-state index in [1.807, 2.05) is 97.9 Å². The van der Waals surface area contributed by atoms with Crippen LogP contribution in [-0.2, 0) is 14.9 Å². The molecule has 0 radical (unpaired) electrons. The van der Waals surface area contributed by atoms with Gasteiger partial charge < -0.3 is 20.3 Å². The van der Waals surface area contributed by atoms with Crippen molar-refractivity contribution in [3.8, 4) is 22.4 Å². The van der Waals surface area contributed by atoms with E-state index in [1.165, 1.54) is 4.63 Å². The topological polar surface area (TPSA) is 109 Å². The third-order valence-electron chi connectivity index (χ3n) is 7.38. The maximum atomic E-state index is 11.6. The Bertz CT molecular complexity index is 1610. The van der Waals surface area contributed by atoms with E-state index in [0.717, 1.165) is 27.8 Å². The SMILES string of the molecule is C[C@@H](OC(O)Nc1c(-c2ccc(-c3ccc(C4(C(=O)O)CC4)cc3)cc2)nn2ncccc12)c1ccccc1. The molecule has 0 spiro atoms. The second-order valence-electron chi connectivity index (χ2n) is 9.85. The van der Waals surface area contributed by atoms with Crippen LogP contribution >= 0.6 is 0 Å². The number of aliphatic hydroxyl groups excluding tert-OH is 1. The van der Waals surface area contributed by atoms with Gasteiger partial charge in [0.15, 0.2) is 0 Å². The fourth-order valence-corrected chi connectivity index (χ4v) is 4.94. The molecule has 0 saturated heterocycles. The maximum absolute atomic E-state index is 11.6. The van der Waals surface area contributed by atoms with Gasteiger partial charge in [0, 0.05) is 11.8 Å². The summed E-state index contributed by atoms with van der Waals surface area (Å²) in [5.74, 6) is -0.754. The van der Waals surface area contributed by atoms with Crippen molar-refractivity contribution < 1.29 is 19.7 Å². The number of aliphatic carboxylic acids is 1. The Hall–Kier alpha value is -4.53. The lowest BCUT2D eigenvalue weighted by atomic mass is 9.93. The number of hydrogen-bond donors (Lipinski definition) is 3. The van der Waals surface area contributed by atoms with E-state index < -0.39 is 17.8 Å². The average molecular weight is 521 g/mol. The quantitative estimate of drug-likeness (QED) is 0.216. The van der Waals surface area contributed by atoms with E-state index in [0.29, 0.717) is 29.7 Å². The van der Waals surface area contributed by atoms with Crippen LogP contribution in [0.2, 0.25) is 0 Å². The van der Waals surface area contributed by atoms with E-state index in [9.17, 15) is 15.0 Å². The first kappa shape index (κ1) is 24.8. The molecular formula is C31H28N4O4. The number of fused-ring (bicyclic) bond motifs is 1. The maximum Gasteiger partial charge on any atom is 0.314 e. The number of ether oxygens (including phenoxy) is 1. The van der Waals surface area contributed by atoms with Gasteiger partial charge in [-0.1, -0.05) is 78.9 Å². The van der Waals surface area contributed by atoms with Gasteiger partial charge in [-0.3, -0.25) is 4.79 Å². The summed E-state index contributed by atoms with van der Waals surface area (Å²) >= 11 is 0. The third-order valence-corrected chi connectivity index (χ3v) is 7.38. The molecule has 1 aliphatic carbocycles. The monoisotopic (exact) mass is 520 g/mol. The number of aliphatic hydroxyl groups is 1. The molecule has 0 amide bonds. The molecule has 5 aromatic rings. The van der Waals surface area contributed by atoms with Gasteiger partial charge in [-0.15, -0.1) is 9.73 Å². The summed E-state index contributed by atoms with van der Waals surface area (Å²) < 4.78 is 7.35. The molecule has 39 heavy (non-hydrogen) atoms. The molecule has 8 nitrogen and oxygen atoms in total. The molecule has 8 heteroatoms. The Labute approximate surface area is 225 Å². The van der Waals surface area contributed by atoms with Gasteiger partial charge in [0.1, 0.15) is 11.2 Å². The molecule has 3 N–H and O–H groups in total. The molecule has 1 aliphatic rings. The minimum atomic E-state index is -1.27. The Kier molecular flexibility index (Phi) is 6.34. The third kappa shape index (κ3) is 4.76. The molecule has 2 aromatic heterocycles. The lowest BCUT2D eigenvalue weighted by Crippen LogP contribution is -2.24. The first-order chi connectivity index (χ1) is 18.9. The van der Waals surface area contributed by atoms with Crippen molar-refractivity contribution in [2.75, 3.05) is 5.32 Å². The van der Waals surface area contributed by atoms with Crippen LogP contribution in [0.1, 0.15) is 37.0 Å². The van der Waals surface area contributed by atoms with Crippen molar-refractivity contribution in [1.82, 2.24) is 14.8 Å². The predicted molar refractivity (Wildman–Crippen MR) is 148 cm³/mol. The number of hydrogen-bond acceptors (Lipinski definition) is 6. The van der Waals surface area contributed by atoms with Crippen LogP contribution in [0.5, 0.6) is 0 Å². The van der Waals surface area contributed by atoms with Gasteiger partial charge >= 0.3 is 5.97 Å². The summed E-state index contributed by atoms with van der Waals surface area (Å²) in [5, 5.41) is 32.4. The van der Waals surface area contributed by atoms with Crippen LogP contribution in [0, 0.1) is 0 Å². The summed E-state index contributed by atoms with van der Waals surface area (Å²) in [7, 11) is 0. The molecule has 0 aliphatic heterocycles. The van der Waals surface area contributed by atoms with Crippen molar-refractivity contribution in [1.29, 1.82) is 0 Å². The second-order valence-corrected chi connectivity index (χ2v) is 9.85. The Morgan fingerprint density at radius 1 is 0.923 bits per heavy atom. The number of carbonyl (C=O) groups is 1. The Morgan fingerprint density at radius 3 is 2.21 bits per heavy atom. The average Bonchev–Trinajstić information content (AvgIpc) is 3.71. The number of carboxylic acids is 1. The van der Waals surface area contributed by atoms with Gasteiger partial charge in [-0.25, -0.2) is 0 Å². The highest BCUT2D eigenvalue weighted by Crippen LogP contribution is 2.48. The number of benzene rings is 3. The number of carboxylic acid groups (broad SMARTS) is 1. The van der Waals surface area contributed by atoms with E-state index >= 15 is 0 Å². The van der Waals surface area contributed by atoms with E-state index in [1.54, 1.807) is 6.20 Å². The molecule has 2 atom stereocenters. The van der Waals surface area contributed by atoms with Gasteiger partial charge in [0.25, 0.3) is 0 Å². The Balaban J connectivity index is 1.25. The van der Waals surface area contributed by atoms with Crippen molar-refractivity contribution in [3.05, 3.63) is 108 Å². The van der Waals surface area contributed by atoms with Crippen LogP contribution in [0.4, 0.5) is 5.69 Å². The minimum Gasteiger partial charge on any atom is -0.481 e. The van der Waals surface area contributed by atoms with Crippen molar-refractivity contribution in [3.63, 3.8) is 0 Å². The summed E-state index contributed by atoms with van der Waals surface area (Å²) in [5.41, 5.74) is 5.88. The lowest BCUT2D eigenvalue weighted by Gasteiger charge is -2.20. The molecule has 1 saturated carbocycles. The number of aromatic nitrogens is 3. The number of nitrogens with one attached hydrogen (secondary N) is 1. The van der Waals surface area contributed by atoms with Crippen LogP contribution in [-0.4, -0.2) is 37.4 Å². The highest BCUT2D eigenvalue weighted by Gasteiger charge is 2.51. The first-order valence-corrected chi connectivity index (χ1v) is 12.9. The van der Waals surface area contributed by atoms with Crippen LogP contribution in [0.15, 0.2) is 97.2 Å². The zero-order valence-electron chi connectivity index (χ0n) is 21.4. The van der Waals surface area contributed by atoms with Crippen LogP contribution in [0.3, 0.4) is 0 Å². The summed E-state index contributed by atoms with van der Waals surface area (Å²) in [6.07, 6.45) is 1.43. The van der Waals surface area contributed by atoms with Gasteiger partial charge in [0.05, 0.1) is 17.2 Å². The molecule has 0 bridgehead atoms. The summed E-state index contributed by atoms with van der Waals surface area (Å²) in [6.45, 7) is 1.89. The number of anilines is 1. The minimum absolute atomic E-state index is 0.326. The highest BCUT2D eigenvalue weighted by molar-refractivity contribution is 5.88. The summed E-state index contributed by atoms with van der Waals surface area (Å²) in [4.78, 5) is 11.6. The van der Waals surface area contributed by atoms with E-state index in [4.69, 9.17) is 4.74 Å². The standard InChI is InChI=1S/C31H28N4O4/c1-20(21-6-3-2-4-7-21)39-30(38)33-28-26-8-5-19-32-35(26)34-27(28)24-11-9-22(10-12-24)23-13-15-25(16-14-23)31(17-18-31)29(36)37/h2-16,19-20,30,33,38H,17-18H2,1H3,(H,36,37)/t20-,30?/m1/s1. The largest absolute Gasteiger partial charge is 0.481 e. The number of nitrogens with zero attached hydrogens (tertiary/aromatic N) is 3. The molecule has 3 aromatic carbocycles. The molecule has 6 rings (SSSR count). The predicted octanol–water partition coefficient (Wildman–Crippen LogP) is 5.65. The normalized spacial score (nSPS) is 15.5. The van der Waals surface area contributed by atoms with Crippen LogP contribution in [0.25, 0.3) is 27.9 Å². The zero-order valence-corrected chi connectivity index (χ0v) is 21.4. The fourth-order valence-electron chi connectivity index (χ4n) is 4.94. The number of rotatable bonds is 9. The fraction of sp³-hybridized carbons (Fsp3) is 0.194. The van der Waals surface area contributed by atoms with Crippen molar-refractivity contribution in [2.24, 2.45) is 0 Å². The molecule has 1 fully saturated rings. The lowest BCUT2D eigenvalue weighted by molar-refractivity contribution is -0.140. The van der Waals surface area contributed by atoms with Gasteiger partial charge in [-0.2, -0.15) is 5.10 Å². The first-order valence-electron chi connectivity index (χ1n) is 12.9. The molecular weight excluding hydrogens is 492 g/mol. The highest BCUT2D eigenvalue weighted by atomic mass is 16.6. The van der Waals surface area contributed by atoms with E-state index in [-0.39, 0.29) is 6.10 Å². The molecule has 196 valence electrons. The van der Waals surface area contributed by atoms with Crippen molar-refractivity contribution in [2.45, 2.75) is 37.7 Å². The van der Waals surface area contributed by atoms with Crippen LogP contribution < -0.4 is 5.32 Å². The zero-order chi connectivity index (χ0) is 27.0. The smallest absolute Gasteiger partial charge is 0.314 e. The van der Waals surface area contributed by atoms with Gasteiger partial charge in [-0.05, 0) is 54.2 Å². The van der Waals surface area contributed by atoms with Gasteiger partial charge in [0.2, 0.25) is 6.41 Å². The second kappa shape index (κ2) is 9.98. The summed E-state index contributed by atoms with van der Waals surface area (Å²) in [6, 6.07) is 29.1. The molecule has 2 heterocycles.